The molecule has 2 amide bonds. The highest BCUT2D eigenvalue weighted by Gasteiger charge is 2.40. The molecule has 27 heavy (non-hydrogen) atoms. The number of ether oxygens (including phenoxy) is 3. The Kier molecular flexibility index (Phi) is 7.52. The van der Waals surface area contributed by atoms with Gasteiger partial charge >= 0.3 is 12.0 Å². The van der Waals surface area contributed by atoms with Crippen molar-refractivity contribution in [2.75, 3.05) is 20.8 Å². The van der Waals surface area contributed by atoms with E-state index in [1.807, 2.05) is 0 Å². The van der Waals surface area contributed by atoms with Crippen molar-refractivity contribution in [1.82, 2.24) is 10.6 Å². The van der Waals surface area contributed by atoms with E-state index >= 15 is 0 Å². The first kappa shape index (κ1) is 20.6. The first-order valence-electron chi connectivity index (χ1n) is 9.16. The van der Waals surface area contributed by atoms with Crippen LogP contribution in [-0.4, -0.2) is 32.8 Å². The van der Waals surface area contributed by atoms with Gasteiger partial charge in [0.15, 0.2) is 0 Å². The van der Waals surface area contributed by atoms with Crippen LogP contribution in [0.4, 0.5) is 4.79 Å². The summed E-state index contributed by atoms with van der Waals surface area (Å²) in [5, 5.41) is 5.35. The summed E-state index contributed by atoms with van der Waals surface area (Å²) in [6.07, 6.45) is 4.04. The number of methoxy groups -OCH3 is 2. The highest BCUT2D eigenvalue weighted by Crippen LogP contribution is 2.37. The molecule has 0 bridgehead atoms. The Bertz CT molecular complexity index is 689. The Morgan fingerprint density at radius 2 is 1.96 bits per heavy atom. The van der Waals surface area contributed by atoms with Gasteiger partial charge in [-0.3, -0.25) is 4.79 Å². The molecule has 1 aliphatic rings. The number of amides is 2. The highest BCUT2D eigenvalue weighted by atomic mass is 16.5. The Hall–Kier alpha value is -2.70. The zero-order chi connectivity index (χ0) is 19.8. The molecule has 7 heteroatoms. The maximum Gasteiger partial charge on any atom is 0.319 e. The fourth-order valence-corrected chi connectivity index (χ4v) is 3.09. The van der Waals surface area contributed by atoms with Gasteiger partial charge < -0.3 is 24.8 Å². The van der Waals surface area contributed by atoms with Crippen LogP contribution in [0.25, 0.3) is 0 Å². The zero-order valence-corrected chi connectivity index (χ0v) is 16.2. The van der Waals surface area contributed by atoms with Crippen LogP contribution in [0.1, 0.15) is 44.2 Å². The number of urea groups is 1. The second-order valence-corrected chi connectivity index (χ2v) is 6.42. The molecule has 0 unspecified atom stereocenters. The fraction of sp³-hybridized carbons (Fsp3) is 0.500. The van der Waals surface area contributed by atoms with Gasteiger partial charge in [0.2, 0.25) is 0 Å². The minimum absolute atomic E-state index is 0.298. The minimum atomic E-state index is -0.769. The van der Waals surface area contributed by atoms with Crippen molar-refractivity contribution < 1.29 is 23.8 Å². The van der Waals surface area contributed by atoms with Crippen LogP contribution in [0, 0.1) is 5.92 Å². The number of rotatable bonds is 9. The molecule has 7 nitrogen and oxygen atoms in total. The van der Waals surface area contributed by atoms with Crippen LogP contribution < -0.4 is 20.1 Å². The molecule has 0 aliphatic carbocycles. The number of carbonyl (C=O) groups is 2. The van der Waals surface area contributed by atoms with Crippen molar-refractivity contribution in [2.24, 2.45) is 5.92 Å². The molecule has 1 heterocycles. The van der Waals surface area contributed by atoms with Crippen LogP contribution in [0.2, 0.25) is 0 Å². The van der Waals surface area contributed by atoms with E-state index in [4.69, 9.17) is 14.2 Å². The summed E-state index contributed by atoms with van der Waals surface area (Å²) in [5.41, 5.74) is 0.924. The van der Waals surface area contributed by atoms with E-state index in [2.05, 4.69) is 24.1 Å². The molecule has 1 aromatic rings. The number of benzene rings is 1. The number of carbonyl (C=O) groups excluding carboxylic acids is 2. The normalized spacial score (nSPS) is 19.1. The van der Waals surface area contributed by atoms with Gasteiger partial charge in [0.05, 0.1) is 26.9 Å². The van der Waals surface area contributed by atoms with E-state index in [-0.39, 0.29) is 0 Å². The molecule has 148 valence electrons. The van der Waals surface area contributed by atoms with Gasteiger partial charge in [-0.2, -0.15) is 0 Å². The zero-order valence-electron chi connectivity index (χ0n) is 16.2. The number of hydrogen-bond donors (Lipinski definition) is 2. The lowest BCUT2D eigenvalue weighted by Gasteiger charge is -2.34. The first-order valence-corrected chi connectivity index (χ1v) is 9.16. The summed E-state index contributed by atoms with van der Waals surface area (Å²) < 4.78 is 16.1. The van der Waals surface area contributed by atoms with E-state index in [0.717, 1.165) is 25.7 Å². The lowest BCUT2D eigenvalue weighted by molar-refractivity contribution is -0.148. The summed E-state index contributed by atoms with van der Waals surface area (Å²) in [4.78, 5) is 24.7. The number of hydrogen-bond acceptors (Lipinski definition) is 5. The van der Waals surface area contributed by atoms with Gasteiger partial charge in [-0.25, -0.2) is 4.79 Å². The Balaban J connectivity index is 2.24. The van der Waals surface area contributed by atoms with Gasteiger partial charge in [0.25, 0.3) is 0 Å². The second kappa shape index (κ2) is 9.85. The van der Waals surface area contributed by atoms with Crippen molar-refractivity contribution in [3.63, 3.8) is 0 Å². The summed E-state index contributed by atoms with van der Waals surface area (Å²) >= 11 is 0. The second-order valence-electron chi connectivity index (χ2n) is 6.42. The number of esters is 1. The third-order valence-electron chi connectivity index (χ3n) is 4.54. The molecular weight excluding hydrogens is 348 g/mol. The molecule has 0 spiro atoms. The van der Waals surface area contributed by atoms with Crippen LogP contribution >= 0.6 is 0 Å². The first-order chi connectivity index (χ1) is 13.0. The lowest BCUT2D eigenvalue weighted by atomic mass is 9.88. The predicted molar refractivity (Wildman–Crippen MR) is 102 cm³/mol. The van der Waals surface area contributed by atoms with E-state index in [9.17, 15) is 9.59 Å². The minimum Gasteiger partial charge on any atom is -0.497 e. The maximum atomic E-state index is 12.7. The number of unbranched alkanes of at least 4 members (excludes halogenated alkanes) is 3. The predicted octanol–water partition coefficient (Wildman–Crippen LogP) is 3.31. The van der Waals surface area contributed by atoms with Gasteiger partial charge in [0, 0.05) is 11.3 Å². The van der Waals surface area contributed by atoms with Crippen LogP contribution in [0.15, 0.2) is 30.5 Å². The molecule has 2 rings (SSSR count). The molecule has 0 saturated carbocycles. The third-order valence-corrected chi connectivity index (χ3v) is 4.54. The average molecular weight is 376 g/mol. The van der Waals surface area contributed by atoms with Crippen molar-refractivity contribution in [3.05, 3.63) is 36.0 Å². The summed E-state index contributed by atoms with van der Waals surface area (Å²) in [5.74, 6) is -0.0684. The average Bonchev–Trinajstić information content (AvgIpc) is 2.66. The Morgan fingerprint density at radius 3 is 2.63 bits per heavy atom. The summed E-state index contributed by atoms with van der Waals surface area (Å²) in [6, 6.07) is 4.13. The molecule has 2 N–H and O–H groups in total. The van der Waals surface area contributed by atoms with E-state index in [1.165, 1.54) is 7.11 Å². The standard InChI is InChI=1S/C20H28N2O5/c1-5-6-7-8-11-27-19(23)17-13(2)21-20(24)22-18(17)15-12-14(25-3)9-10-16(15)26-4/h9-10,12,17-18H,2,5-8,11H2,1,3-4H3,(H2,21,22,24)/t17-,18+/m0/s1. The smallest absolute Gasteiger partial charge is 0.319 e. The van der Waals surface area contributed by atoms with Crippen LogP contribution in [0.5, 0.6) is 11.5 Å². The third kappa shape index (κ3) is 5.15. The van der Waals surface area contributed by atoms with E-state index in [0.29, 0.717) is 29.4 Å². The van der Waals surface area contributed by atoms with Crippen LogP contribution in [0.3, 0.4) is 0 Å². The van der Waals surface area contributed by atoms with E-state index in [1.54, 1.807) is 25.3 Å². The van der Waals surface area contributed by atoms with Gasteiger partial charge in [-0.1, -0.05) is 32.8 Å². The summed E-state index contributed by atoms with van der Waals surface area (Å²) in [7, 11) is 3.08. The van der Waals surface area contributed by atoms with Crippen molar-refractivity contribution in [1.29, 1.82) is 0 Å². The lowest BCUT2D eigenvalue weighted by Crippen LogP contribution is -2.51. The molecule has 0 aromatic heterocycles. The topological polar surface area (TPSA) is 85.9 Å². The molecule has 1 aliphatic heterocycles. The maximum absolute atomic E-state index is 12.7. The molecule has 0 radical (unpaired) electrons. The highest BCUT2D eigenvalue weighted by molar-refractivity contribution is 5.85. The fourth-order valence-electron chi connectivity index (χ4n) is 3.09. The van der Waals surface area contributed by atoms with Crippen molar-refractivity contribution in [3.8, 4) is 11.5 Å². The molecule has 1 fully saturated rings. The number of nitrogens with one attached hydrogen (secondary N) is 2. The van der Waals surface area contributed by atoms with Crippen LogP contribution in [-0.2, 0) is 9.53 Å². The molecular formula is C20H28N2O5. The van der Waals surface area contributed by atoms with E-state index < -0.39 is 24.0 Å². The molecule has 2 atom stereocenters. The summed E-state index contributed by atoms with van der Waals surface area (Å²) in [6.45, 7) is 6.32. The van der Waals surface area contributed by atoms with Crippen molar-refractivity contribution in [2.45, 2.75) is 38.6 Å². The Morgan fingerprint density at radius 1 is 1.19 bits per heavy atom. The SMILES string of the molecule is C=C1NC(=O)N[C@H](c2cc(OC)ccc2OC)[C@H]1C(=O)OCCCCCC. The van der Waals surface area contributed by atoms with Gasteiger partial charge in [0.1, 0.15) is 17.4 Å². The quantitative estimate of drug-likeness (QED) is 0.510. The Labute approximate surface area is 160 Å². The monoisotopic (exact) mass is 376 g/mol. The van der Waals surface area contributed by atoms with Crippen molar-refractivity contribution >= 4 is 12.0 Å². The largest absolute Gasteiger partial charge is 0.497 e. The van der Waals surface area contributed by atoms with Gasteiger partial charge in [-0.15, -0.1) is 0 Å². The molecule has 1 saturated heterocycles. The molecule has 1 aromatic carbocycles. The van der Waals surface area contributed by atoms with Gasteiger partial charge in [-0.05, 0) is 24.6 Å².